The molecule has 0 aliphatic carbocycles. The van der Waals surface area contributed by atoms with Gasteiger partial charge in [0.15, 0.2) is 0 Å². The normalized spacial score (nSPS) is 14.2. The van der Waals surface area contributed by atoms with Gasteiger partial charge in [0.2, 0.25) is 0 Å². The van der Waals surface area contributed by atoms with Crippen LogP contribution in [0.1, 0.15) is 32.8 Å². The molecule has 0 bridgehead atoms. The zero-order valence-electron chi connectivity index (χ0n) is 11.9. The fraction of sp³-hybridized carbons (Fsp3) is 0.571. The van der Waals surface area contributed by atoms with Crippen molar-refractivity contribution in [3.8, 4) is 0 Å². The van der Waals surface area contributed by atoms with Crippen molar-refractivity contribution in [3.63, 3.8) is 0 Å². The van der Waals surface area contributed by atoms with Crippen molar-refractivity contribution in [2.75, 3.05) is 11.9 Å². The second-order valence-electron chi connectivity index (χ2n) is 5.68. The van der Waals surface area contributed by atoms with Gasteiger partial charge in [0, 0.05) is 12.1 Å². The molecule has 0 amide bonds. The number of aliphatic hydroxyl groups is 1. The second kappa shape index (κ2) is 6.02. The van der Waals surface area contributed by atoms with Crippen LogP contribution in [-0.2, 0) is 0 Å². The van der Waals surface area contributed by atoms with Crippen LogP contribution in [-0.4, -0.2) is 22.2 Å². The third-order valence-electron chi connectivity index (χ3n) is 2.93. The van der Waals surface area contributed by atoms with Gasteiger partial charge in [-0.3, -0.25) is 10.1 Å². The fourth-order valence-electron chi connectivity index (χ4n) is 2.28. The molecule has 0 fully saturated rings. The van der Waals surface area contributed by atoms with Gasteiger partial charge in [-0.2, -0.15) is 0 Å². The SMILES string of the molecule is Cc1cccc(NCC(C)(O)CC(C)C)c1[N+](=O)[O-]. The summed E-state index contributed by atoms with van der Waals surface area (Å²) in [4.78, 5) is 10.7. The maximum atomic E-state index is 11.0. The topological polar surface area (TPSA) is 75.4 Å². The fourth-order valence-corrected chi connectivity index (χ4v) is 2.28. The largest absolute Gasteiger partial charge is 0.388 e. The van der Waals surface area contributed by atoms with Gasteiger partial charge in [-0.05, 0) is 32.3 Å². The second-order valence-corrected chi connectivity index (χ2v) is 5.68. The number of nitro groups is 1. The molecule has 0 saturated carbocycles. The van der Waals surface area contributed by atoms with Gasteiger partial charge in [0.25, 0.3) is 5.69 Å². The first-order valence-corrected chi connectivity index (χ1v) is 6.43. The number of nitrogens with zero attached hydrogens (tertiary/aromatic N) is 1. The monoisotopic (exact) mass is 266 g/mol. The summed E-state index contributed by atoms with van der Waals surface area (Å²) < 4.78 is 0. The molecule has 1 aromatic carbocycles. The molecule has 0 radical (unpaired) electrons. The molecule has 1 atom stereocenters. The van der Waals surface area contributed by atoms with Crippen LogP contribution in [0.2, 0.25) is 0 Å². The maximum absolute atomic E-state index is 11.0. The highest BCUT2D eigenvalue weighted by Crippen LogP contribution is 2.28. The Hall–Kier alpha value is -1.62. The van der Waals surface area contributed by atoms with Crippen molar-refractivity contribution in [3.05, 3.63) is 33.9 Å². The molecule has 19 heavy (non-hydrogen) atoms. The Balaban J connectivity index is 2.84. The average molecular weight is 266 g/mol. The molecule has 106 valence electrons. The van der Waals surface area contributed by atoms with Crippen molar-refractivity contribution < 1.29 is 10.0 Å². The van der Waals surface area contributed by atoms with E-state index in [2.05, 4.69) is 5.32 Å². The maximum Gasteiger partial charge on any atom is 0.295 e. The highest BCUT2D eigenvalue weighted by Gasteiger charge is 2.24. The van der Waals surface area contributed by atoms with Crippen LogP contribution < -0.4 is 5.32 Å². The van der Waals surface area contributed by atoms with Gasteiger partial charge in [0.05, 0.1) is 10.5 Å². The summed E-state index contributed by atoms with van der Waals surface area (Å²) in [5, 5.41) is 24.2. The Labute approximate surface area is 113 Å². The summed E-state index contributed by atoms with van der Waals surface area (Å²) in [6, 6.07) is 5.13. The summed E-state index contributed by atoms with van der Waals surface area (Å²) in [5.74, 6) is 0.365. The quantitative estimate of drug-likeness (QED) is 0.612. The van der Waals surface area contributed by atoms with Crippen molar-refractivity contribution >= 4 is 11.4 Å². The zero-order chi connectivity index (χ0) is 14.6. The van der Waals surface area contributed by atoms with E-state index < -0.39 is 10.5 Å². The smallest absolute Gasteiger partial charge is 0.295 e. The van der Waals surface area contributed by atoms with Gasteiger partial charge in [-0.1, -0.05) is 26.0 Å². The average Bonchev–Trinajstić information content (AvgIpc) is 2.24. The van der Waals surface area contributed by atoms with Crippen molar-refractivity contribution in [1.29, 1.82) is 0 Å². The zero-order valence-corrected chi connectivity index (χ0v) is 11.9. The third-order valence-corrected chi connectivity index (χ3v) is 2.93. The van der Waals surface area contributed by atoms with E-state index in [4.69, 9.17) is 0 Å². The lowest BCUT2D eigenvalue weighted by atomic mass is 9.94. The number of hydrogen-bond acceptors (Lipinski definition) is 4. The molecule has 1 unspecified atom stereocenters. The first kappa shape index (κ1) is 15.4. The van der Waals surface area contributed by atoms with Crippen LogP contribution >= 0.6 is 0 Å². The van der Waals surface area contributed by atoms with E-state index in [0.29, 0.717) is 23.6 Å². The lowest BCUT2D eigenvalue weighted by Crippen LogP contribution is -2.35. The number of aryl methyl sites for hydroxylation is 1. The van der Waals surface area contributed by atoms with E-state index in [0.717, 1.165) is 0 Å². The summed E-state index contributed by atoms with van der Waals surface area (Å²) in [6.07, 6.45) is 0.639. The number of anilines is 1. The van der Waals surface area contributed by atoms with Gasteiger partial charge in [-0.25, -0.2) is 0 Å². The minimum atomic E-state index is -0.883. The molecule has 0 aliphatic rings. The van der Waals surface area contributed by atoms with Crippen LogP contribution in [0.5, 0.6) is 0 Å². The summed E-state index contributed by atoms with van der Waals surface area (Å²) in [5.41, 5.74) is 0.251. The number of nitrogens with one attached hydrogen (secondary N) is 1. The molecular weight excluding hydrogens is 244 g/mol. The molecule has 5 heteroatoms. The van der Waals surface area contributed by atoms with Crippen molar-refractivity contribution in [2.45, 2.75) is 39.7 Å². The molecule has 1 aromatic rings. The number of rotatable bonds is 6. The van der Waals surface area contributed by atoms with Crippen LogP contribution in [0.25, 0.3) is 0 Å². The molecule has 2 N–H and O–H groups in total. The minimum absolute atomic E-state index is 0.0721. The Bertz CT molecular complexity index is 456. The molecule has 0 aliphatic heterocycles. The van der Waals surface area contributed by atoms with Crippen LogP contribution in [0.3, 0.4) is 0 Å². The Morgan fingerprint density at radius 2 is 2.11 bits per heavy atom. The van der Waals surface area contributed by atoms with E-state index in [-0.39, 0.29) is 12.2 Å². The molecule has 0 spiro atoms. The van der Waals surface area contributed by atoms with Gasteiger partial charge < -0.3 is 10.4 Å². The van der Waals surface area contributed by atoms with Crippen LogP contribution in [0.15, 0.2) is 18.2 Å². The van der Waals surface area contributed by atoms with Gasteiger partial charge in [0.1, 0.15) is 5.69 Å². The van der Waals surface area contributed by atoms with Crippen LogP contribution in [0, 0.1) is 23.0 Å². The van der Waals surface area contributed by atoms with E-state index in [1.165, 1.54) is 0 Å². The summed E-state index contributed by atoms with van der Waals surface area (Å²) in [7, 11) is 0. The highest BCUT2D eigenvalue weighted by atomic mass is 16.6. The number of benzene rings is 1. The first-order chi connectivity index (χ1) is 8.73. The number of hydrogen-bond donors (Lipinski definition) is 2. The standard InChI is InChI=1S/C14H22N2O3/c1-10(2)8-14(4,17)9-15-12-7-5-6-11(3)13(12)16(18)19/h5-7,10,15,17H,8-9H2,1-4H3. The summed E-state index contributed by atoms with van der Waals surface area (Å²) in [6.45, 7) is 7.79. The minimum Gasteiger partial charge on any atom is -0.388 e. The molecule has 0 saturated heterocycles. The predicted octanol–water partition coefficient (Wildman–Crippen LogP) is 3.11. The third kappa shape index (κ3) is 4.52. The molecular formula is C14H22N2O3. The number of para-hydroxylation sites is 1. The highest BCUT2D eigenvalue weighted by molar-refractivity contribution is 5.65. The van der Waals surface area contributed by atoms with Crippen LogP contribution in [0.4, 0.5) is 11.4 Å². The van der Waals surface area contributed by atoms with Crippen molar-refractivity contribution in [1.82, 2.24) is 0 Å². The Kier molecular flexibility index (Phi) is 4.89. The lowest BCUT2D eigenvalue weighted by molar-refractivity contribution is -0.384. The number of nitro benzene ring substituents is 1. The molecule has 1 rings (SSSR count). The predicted molar refractivity (Wildman–Crippen MR) is 76.4 cm³/mol. The molecule has 5 nitrogen and oxygen atoms in total. The Morgan fingerprint density at radius 3 is 2.63 bits per heavy atom. The summed E-state index contributed by atoms with van der Waals surface area (Å²) >= 11 is 0. The molecule has 0 aromatic heterocycles. The van der Waals surface area contributed by atoms with E-state index in [1.54, 1.807) is 32.0 Å². The lowest BCUT2D eigenvalue weighted by Gasteiger charge is -2.26. The molecule has 0 heterocycles. The van der Waals surface area contributed by atoms with E-state index in [1.807, 2.05) is 13.8 Å². The Morgan fingerprint density at radius 1 is 1.47 bits per heavy atom. The van der Waals surface area contributed by atoms with Crippen molar-refractivity contribution in [2.24, 2.45) is 5.92 Å². The van der Waals surface area contributed by atoms with E-state index in [9.17, 15) is 15.2 Å². The van der Waals surface area contributed by atoms with Gasteiger partial charge in [-0.15, -0.1) is 0 Å². The van der Waals surface area contributed by atoms with Gasteiger partial charge >= 0.3 is 0 Å². The van der Waals surface area contributed by atoms with E-state index >= 15 is 0 Å². The first-order valence-electron chi connectivity index (χ1n) is 6.43.